The fraction of sp³-hybridized carbons (Fsp3) is 0.286. The van der Waals surface area contributed by atoms with E-state index in [4.69, 9.17) is 15.2 Å². The van der Waals surface area contributed by atoms with E-state index in [1.165, 1.54) is 0 Å². The normalized spacial score (nSPS) is 10.6. The van der Waals surface area contributed by atoms with E-state index in [9.17, 15) is 0 Å². The number of aromatic nitrogens is 2. The number of nitrogen functional groups attached to an aromatic ring is 1. The standard InChI is InChI=1S/C14H16BrN3O2/c1-3-20-10-6-4-5-9(7-10)14-17-11(8-19-2)12(15)13(16)18-14/h4-7H,3,8H2,1-2H3,(H2,16,17,18). The van der Waals surface area contributed by atoms with Crippen molar-refractivity contribution in [3.05, 3.63) is 34.4 Å². The zero-order chi connectivity index (χ0) is 14.5. The molecule has 1 heterocycles. The predicted octanol–water partition coefficient (Wildman–Crippen LogP) is 3.03. The van der Waals surface area contributed by atoms with Crippen LogP contribution in [0.2, 0.25) is 0 Å². The Morgan fingerprint density at radius 2 is 2.10 bits per heavy atom. The van der Waals surface area contributed by atoms with Gasteiger partial charge in [0.1, 0.15) is 11.6 Å². The summed E-state index contributed by atoms with van der Waals surface area (Å²) in [6.45, 7) is 2.92. The summed E-state index contributed by atoms with van der Waals surface area (Å²) in [7, 11) is 1.61. The Labute approximate surface area is 126 Å². The summed E-state index contributed by atoms with van der Waals surface area (Å²) in [5.74, 6) is 1.73. The third-order valence-corrected chi connectivity index (χ3v) is 3.49. The van der Waals surface area contributed by atoms with Gasteiger partial charge in [0.25, 0.3) is 0 Å². The lowest BCUT2D eigenvalue weighted by atomic mass is 10.2. The molecule has 0 saturated carbocycles. The summed E-state index contributed by atoms with van der Waals surface area (Å²) in [5.41, 5.74) is 7.47. The van der Waals surface area contributed by atoms with E-state index in [2.05, 4.69) is 25.9 Å². The Morgan fingerprint density at radius 1 is 1.30 bits per heavy atom. The largest absolute Gasteiger partial charge is 0.494 e. The fourth-order valence-electron chi connectivity index (χ4n) is 1.77. The zero-order valence-corrected chi connectivity index (χ0v) is 13.0. The van der Waals surface area contributed by atoms with Crippen molar-refractivity contribution in [2.45, 2.75) is 13.5 Å². The fourth-order valence-corrected chi connectivity index (χ4v) is 2.06. The lowest BCUT2D eigenvalue weighted by Crippen LogP contribution is -2.04. The Hall–Kier alpha value is -1.66. The van der Waals surface area contributed by atoms with Crippen LogP contribution < -0.4 is 10.5 Å². The smallest absolute Gasteiger partial charge is 0.162 e. The minimum absolute atomic E-state index is 0.367. The van der Waals surface area contributed by atoms with Crippen molar-refractivity contribution in [1.29, 1.82) is 0 Å². The second kappa shape index (κ2) is 6.67. The highest BCUT2D eigenvalue weighted by Crippen LogP contribution is 2.27. The number of halogens is 1. The predicted molar refractivity (Wildman–Crippen MR) is 81.5 cm³/mol. The van der Waals surface area contributed by atoms with E-state index in [-0.39, 0.29) is 0 Å². The molecule has 0 unspecified atom stereocenters. The van der Waals surface area contributed by atoms with Crippen molar-refractivity contribution >= 4 is 21.7 Å². The highest BCUT2D eigenvalue weighted by Gasteiger charge is 2.12. The maximum absolute atomic E-state index is 5.90. The first-order valence-electron chi connectivity index (χ1n) is 6.19. The molecule has 5 nitrogen and oxygen atoms in total. The third-order valence-electron chi connectivity index (χ3n) is 2.63. The van der Waals surface area contributed by atoms with Crippen molar-refractivity contribution in [1.82, 2.24) is 9.97 Å². The monoisotopic (exact) mass is 337 g/mol. The van der Waals surface area contributed by atoms with Gasteiger partial charge in [0, 0.05) is 12.7 Å². The average molecular weight is 338 g/mol. The molecular formula is C14H16BrN3O2. The summed E-state index contributed by atoms with van der Waals surface area (Å²) < 4.78 is 11.3. The molecular weight excluding hydrogens is 322 g/mol. The van der Waals surface area contributed by atoms with Crippen molar-refractivity contribution in [2.75, 3.05) is 19.5 Å². The number of anilines is 1. The van der Waals surface area contributed by atoms with Crippen molar-refractivity contribution in [3.8, 4) is 17.1 Å². The van der Waals surface area contributed by atoms with E-state index >= 15 is 0 Å². The lowest BCUT2D eigenvalue weighted by Gasteiger charge is -2.09. The first-order valence-corrected chi connectivity index (χ1v) is 6.99. The van der Waals surface area contributed by atoms with Crippen LogP contribution in [0.25, 0.3) is 11.4 Å². The van der Waals surface area contributed by atoms with Crippen LogP contribution >= 0.6 is 15.9 Å². The van der Waals surface area contributed by atoms with Crippen LogP contribution in [0, 0.1) is 0 Å². The van der Waals surface area contributed by atoms with Gasteiger partial charge in [0.2, 0.25) is 0 Å². The van der Waals surface area contributed by atoms with Crippen LogP contribution in [0.4, 0.5) is 5.82 Å². The van der Waals surface area contributed by atoms with Crippen LogP contribution in [-0.2, 0) is 11.3 Å². The minimum Gasteiger partial charge on any atom is -0.494 e. The number of rotatable bonds is 5. The molecule has 1 aromatic heterocycles. The molecule has 2 N–H and O–H groups in total. The molecule has 1 aromatic carbocycles. The summed E-state index contributed by atoms with van der Waals surface area (Å²) in [6, 6.07) is 7.60. The number of methoxy groups -OCH3 is 1. The zero-order valence-electron chi connectivity index (χ0n) is 11.4. The van der Waals surface area contributed by atoms with Crippen molar-refractivity contribution in [3.63, 3.8) is 0 Å². The average Bonchev–Trinajstić information content (AvgIpc) is 2.44. The van der Waals surface area contributed by atoms with Gasteiger partial charge in [-0.25, -0.2) is 9.97 Å². The van der Waals surface area contributed by atoms with Crippen LogP contribution in [0.5, 0.6) is 5.75 Å². The summed E-state index contributed by atoms with van der Waals surface area (Å²) in [4.78, 5) is 8.77. The molecule has 106 valence electrons. The van der Waals surface area contributed by atoms with E-state index in [0.717, 1.165) is 17.0 Å². The Bertz CT molecular complexity index is 605. The second-order valence-electron chi connectivity index (χ2n) is 4.09. The lowest BCUT2D eigenvalue weighted by molar-refractivity contribution is 0.181. The first-order chi connectivity index (χ1) is 9.65. The third kappa shape index (κ3) is 3.26. The van der Waals surface area contributed by atoms with Crippen LogP contribution in [0.15, 0.2) is 28.7 Å². The number of ether oxygens (including phenoxy) is 2. The maximum atomic E-state index is 5.90. The van der Waals surface area contributed by atoms with E-state index < -0.39 is 0 Å². The number of hydrogen-bond donors (Lipinski definition) is 1. The number of nitrogens with zero attached hydrogens (tertiary/aromatic N) is 2. The highest BCUT2D eigenvalue weighted by molar-refractivity contribution is 9.10. The molecule has 0 aliphatic rings. The summed E-state index contributed by atoms with van der Waals surface area (Å²) in [6.07, 6.45) is 0. The van der Waals surface area contributed by atoms with Crippen LogP contribution in [-0.4, -0.2) is 23.7 Å². The Morgan fingerprint density at radius 3 is 2.80 bits per heavy atom. The molecule has 0 bridgehead atoms. The molecule has 2 aromatic rings. The van der Waals surface area contributed by atoms with Gasteiger partial charge in [0.15, 0.2) is 5.82 Å². The number of benzene rings is 1. The van der Waals surface area contributed by atoms with Gasteiger partial charge in [-0.1, -0.05) is 12.1 Å². The van der Waals surface area contributed by atoms with Gasteiger partial charge < -0.3 is 15.2 Å². The molecule has 0 fully saturated rings. The molecule has 6 heteroatoms. The topological polar surface area (TPSA) is 70.3 Å². The van der Waals surface area contributed by atoms with Crippen LogP contribution in [0.1, 0.15) is 12.6 Å². The molecule has 2 rings (SSSR count). The van der Waals surface area contributed by atoms with E-state index in [1.807, 2.05) is 31.2 Å². The van der Waals surface area contributed by atoms with Crippen LogP contribution in [0.3, 0.4) is 0 Å². The highest BCUT2D eigenvalue weighted by atomic mass is 79.9. The summed E-state index contributed by atoms with van der Waals surface area (Å²) in [5, 5.41) is 0. The molecule has 0 aliphatic heterocycles. The Balaban J connectivity index is 2.44. The Kier molecular flexibility index (Phi) is 4.92. The minimum atomic E-state index is 0.367. The van der Waals surface area contributed by atoms with Crippen molar-refractivity contribution < 1.29 is 9.47 Å². The molecule has 0 amide bonds. The molecule has 0 saturated heterocycles. The van der Waals surface area contributed by atoms with Gasteiger partial charge in [-0.3, -0.25) is 0 Å². The second-order valence-corrected chi connectivity index (χ2v) is 4.88. The van der Waals surface area contributed by atoms with Gasteiger partial charge in [0.05, 0.1) is 23.4 Å². The molecule has 0 aliphatic carbocycles. The van der Waals surface area contributed by atoms with Gasteiger partial charge in [-0.15, -0.1) is 0 Å². The SMILES string of the molecule is CCOc1cccc(-c2nc(N)c(Br)c(COC)n2)c1. The first kappa shape index (κ1) is 14.7. The summed E-state index contributed by atoms with van der Waals surface area (Å²) >= 11 is 3.37. The van der Waals surface area contributed by atoms with E-state index in [0.29, 0.717) is 29.3 Å². The number of hydrogen-bond acceptors (Lipinski definition) is 5. The van der Waals surface area contributed by atoms with Gasteiger partial charge >= 0.3 is 0 Å². The molecule has 0 radical (unpaired) electrons. The maximum Gasteiger partial charge on any atom is 0.162 e. The van der Waals surface area contributed by atoms with E-state index in [1.54, 1.807) is 7.11 Å². The molecule has 0 atom stereocenters. The molecule has 20 heavy (non-hydrogen) atoms. The quantitative estimate of drug-likeness (QED) is 0.907. The van der Waals surface area contributed by atoms with Crippen molar-refractivity contribution in [2.24, 2.45) is 0 Å². The molecule has 0 spiro atoms. The van der Waals surface area contributed by atoms with Gasteiger partial charge in [-0.2, -0.15) is 0 Å². The van der Waals surface area contributed by atoms with Gasteiger partial charge in [-0.05, 0) is 35.0 Å². The number of nitrogens with two attached hydrogens (primary N) is 1.